The van der Waals surface area contributed by atoms with Gasteiger partial charge in [0, 0.05) is 6.92 Å². The van der Waals surface area contributed by atoms with E-state index in [0.717, 1.165) is 11.1 Å². The van der Waals surface area contributed by atoms with E-state index in [1.165, 1.54) is 13.0 Å². The number of benzene rings is 1. The van der Waals surface area contributed by atoms with Gasteiger partial charge in [0.15, 0.2) is 5.75 Å². The van der Waals surface area contributed by atoms with Gasteiger partial charge in [-0.2, -0.15) is 0 Å². The second-order valence-electron chi connectivity index (χ2n) is 3.41. The lowest BCUT2D eigenvalue weighted by molar-refractivity contribution is -0.131. The van der Waals surface area contributed by atoms with E-state index in [2.05, 4.69) is 15.9 Å². The summed E-state index contributed by atoms with van der Waals surface area (Å²) in [5.41, 5.74) is 1.65. The molecular weight excluding hydrogens is 276 g/mol. The first-order valence-electron chi connectivity index (χ1n) is 4.56. The van der Waals surface area contributed by atoms with Crippen LogP contribution in [0.2, 0.25) is 0 Å². The Morgan fingerprint density at radius 2 is 1.94 bits per heavy atom. The van der Waals surface area contributed by atoms with Crippen molar-refractivity contribution in [1.82, 2.24) is 0 Å². The lowest BCUT2D eigenvalue weighted by Gasteiger charge is -2.12. The van der Waals surface area contributed by atoms with Crippen molar-refractivity contribution >= 4 is 27.9 Å². The van der Waals surface area contributed by atoms with Gasteiger partial charge in [0.25, 0.3) is 0 Å². The van der Waals surface area contributed by atoms with Crippen LogP contribution < -0.4 is 4.74 Å². The molecule has 0 saturated heterocycles. The molecule has 0 aliphatic heterocycles. The van der Waals surface area contributed by atoms with Gasteiger partial charge in [-0.15, -0.1) is 0 Å². The quantitative estimate of drug-likeness (QED) is 0.671. The molecule has 16 heavy (non-hydrogen) atoms. The maximum Gasteiger partial charge on any atom is 0.339 e. The maximum atomic E-state index is 11.0. The molecule has 0 atom stereocenters. The van der Waals surface area contributed by atoms with Gasteiger partial charge in [-0.1, -0.05) is 0 Å². The van der Waals surface area contributed by atoms with Gasteiger partial charge in [0.2, 0.25) is 0 Å². The largest absolute Gasteiger partial charge is 0.478 e. The molecular formula is C11H11BrO4. The number of carbonyl (C=O) groups excluding carboxylic acids is 1. The first-order valence-corrected chi connectivity index (χ1v) is 5.35. The average Bonchev–Trinajstić information content (AvgIpc) is 2.17. The van der Waals surface area contributed by atoms with Crippen LogP contribution in [0.3, 0.4) is 0 Å². The van der Waals surface area contributed by atoms with Crippen molar-refractivity contribution in [1.29, 1.82) is 0 Å². The summed E-state index contributed by atoms with van der Waals surface area (Å²) in [5.74, 6) is -1.62. The second-order valence-corrected chi connectivity index (χ2v) is 4.20. The third-order valence-corrected chi connectivity index (χ3v) is 3.16. The number of rotatable bonds is 2. The van der Waals surface area contributed by atoms with E-state index in [0.29, 0.717) is 4.47 Å². The molecule has 86 valence electrons. The minimum atomic E-state index is -1.12. The highest BCUT2D eigenvalue weighted by Crippen LogP contribution is 2.34. The van der Waals surface area contributed by atoms with E-state index < -0.39 is 11.9 Å². The first kappa shape index (κ1) is 12.7. The summed E-state index contributed by atoms with van der Waals surface area (Å²) in [7, 11) is 0. The molecule has 0 aromatic heterocycles. The highest BCUT2D eigenvalue weighted by molar-refractivity contribution is 9.10. The molecule has 0 amide bonds. The number of hydrogen-bond acceptors (Lipinski definition) is 3. The fraction of sp³-hybridized carbons (Fsp3) is 0.273. The summed E-state index contributed by atoms with van der Waals surface area (Å²) in [6.45, 7) is 4.84. The molecule has 1 rings (SSSR count). The minimum Gasteiger partial charge on any atom is -0.478 e. The number of carbonyl (C=O) groups is 2. The van der Waals surface area contributed by atoms with Crippen molar-refractivity contribution in [3.63, 3.8) is 0 Å². The molecule has 0 aliphatic carbocycles. The van der Waals surface area contributed by atoms with Crippen molar-refractivity contribution < 1.29 is 19.4 Å². The van der Waals surface area contributed by atoms with Crippen molar-refractivity contribution in [2.45, 2.75) is 20.8 Å². The second kappa shape index (κ2) is 4.65. The Morgan fingerprint density at radius 3 is 2.38 bits per heavy atom. The smallest absolute Gasteiger partial charge is 0.339 e. The summed E-state index contributed by atoms with van der Waals surface area (Å²) in [6.07, 6.45) is 0. The van der Waals surface area contributed by atoms with E-state index in [9.17, 15) is 9.59 Å². The van der Waals surface area contributed by atoms with Crippen molar-refractivity contribution in [2.75, 3.05) is 0 Å². The lowest BCUT2D eigenvalue weighted by atomic mass is 10.1. The number of hydrogen-bond donors (Lipinski definition) is 1. The Hall–Kier alpha value is -1.36. The molecule has 4 nitrogen and oxygen atoms in total. The van der Waals surface area contributed by atoms with Gasteiger partial charge in [-0.05, 0) is 47.0 Å². The third-order valence-electron chi connectivity index (χ3n) is 2.20. The highest BCUT2D eigenvalue weighted by atomic mass is 79.9. The van der Waals surface area contributed by atoms with Crippen molar-refractivity contribution in [3.8, 4) is 5.75 Å². The Balaban J connectivity index is 3.47. The Bertz CT molecular complexity index is 466. The van der Waals surface area contributed by atoms with Crippen LogP contribution in [0.15, 0.2) is 10.5 Å². The molecule has 0 radical (unpaired) electrons. The predicted octanol–water partition coefficient (Wildman–Crippen LogP) is 2.69. The highest BCUT2D eigenvalue weighted by Gasteiger charge is 2.19. The zero-order chi connectivity index (χ0) is 12.5. The standard InChI is InChI=1S/C11H11BrO4/c1-5-4-8(11(14)15)10(16-7(3)13)9(12)6(5)2/h4H,1-3H3,(H,14,15). The van der Waals surface area contributed by atoms with Gasteiger partial charge in [-0.25, -0.2) is 4.79 Å². The summed E-state index contributed by atoms with van der Waals surface area (Å²) >= 11 is 3.24. The average molecular weight is 287 g/mol. The molecule has 0 saturated carbocycles. The van der Waals surface area contributed by atoms with Gasteiger partial charge < -0.3 is 9.84 Å². The summed E-state index contributed by atoms with van der Waals surface area (Å²) in [6, 6.07) is 1.49. The molecule has 1 N–H and O–H groups in total. The number of aryl methyl sites for hydroxylation is 1. The van der Waals surface area contributed by atoms with Crippen LogP contribution in [0.4, 0.5) is 0 Å². The Kier molecular flexibility index (Phi) is 3.70. The predicted molar refractivity (Wildman–Crippen MR) is 61.9 cm³/mol. The van der Waals surface area contributed by atoms with Gasteiger partial charge in [0.1, 0.15) is 5.56 Å². The fourth-order valence-corrected chi connectivity index (χ4v) is 1.86. The van der Waals surface area contributed by atoms with E-state index in [1.807, 2.05) is 6.92 Å². The van der Waals surface area contributed by atoms with Crippen LogP contribution in [0.1, 0.15) is 28.4 Å². The van der Waals surface area contributed by atoms with Crippen LogP contribution in [-0.4, -0.2) is 17.0 Å². The van der Waals surface area contributed by atoms with E-state index >= 15 is 0 Å². The monoisotopic (exact) mass is 286 g/mol. The molecule has 0 spiro atoms. The number of aromatic carboxylic acids is 1. The van der Waals surface area contributed by atoms with Crippen LogP contribution in [-0.2, 0) is 4.79 Å². The topological polar surface area (TPSA) is 63.6 Å². The number of carboxylic acids is 1. The molecule has 5 heteroatoms. The van der Waals surface area contributed by atoms with E-state index in [4.69, 9.17) is 9.84 Å². The van der Waals surface area contributed by atoms with Gasteiger partial charge in [0.05, 0.1) is 4.47 Å². The maximum absolute atomic E-state index is 11.0. The summed E-state index contributed by atoms with van der Waals surface area (Å²) in [4.78, 5) is 21.9. The summed E-state index contributed by atoms with van der Waals surface area (Å²) in [5, 5.41) is 9.01. The first-order chi connectivity index (χ1) is 7.34. The zero-order valence-corrected chi connectivity index (χ0v) is 10.7. The SMILES string of the molecule is CC(=O)Oc1c(C(=O)O)cc(C)c(C)c1Br. The molecule has 0 unspecified atom stereocenters. The summed E-state index contributed by atoms with van der Waals surface area (Å²) < 4.78 is 5.41. The number of ether oxygens (including phenoxy) is 1. The van der Waals surface area contributed by atoms with Crippen LogP contribution >= 0.6 is 15.9 Å². The van der Waals surface area contributed by atoms with Crippen molar-refractivity contribution in [3.05, 3.63) is 27.2 Å². The minimum absolute atomic E-state index is 0.0230. The third kappa shape index (κ3) is 2.41. The number of halogens is 1. The molecule has 0 bridgehead atoms. The molecule has 0 fully saturated rings. The van der Waals surface area contributed by atoms with Gasteiger partial charge in [-0.3, -0.25) is 4.79 Å². The van der Waals surface area contributed by atoms with Crippen LogP contribution in [0.25, 0.3) is 0 Å². The fourth-order valence-electron chi connectivity index (χ4n) is 1.25. The van der Waals surface area contributed by atoms with E-state index in [-0.39, 0.29) is 11.3 Å². The number of carboxylic acid groups (broad SMARTS) is 1. The Labute approximate surface area is 101 Å². The molecule has 0 heterocycles. The Morgan fingerprint density at radius 1 is 1.38 bits per heavy atom. The van der Waals surface area contributed by atoms with Crippen LogP contribution in [0, 0.1) is 13.8 Å². The molecule has 1 aromatic carbocycles. The zero-order valence-electron chi connectivity index (χ0n) is 9.13. The van der Waals surface area contributed by atoms with Crippen LogP contribution in [0.5, 0.6) is 5.75 Å². The number of esters is 1. The lowest BCUT2D eigenvalue weighted by Crippen LogP contribution is -2.09. The van der Waals surface area contributed by atoms with E-state index in [1.54, 1.807) is 6.92 Å². The molecule has 1 aromatic rings. The van der Waals surface area contributed by atoms with Crippen molar-refractivity contribution in [2.24, 2.45) is 0 Å². The molecule has 0 aliphatic rings. The van der Waals surface area contributed by atoms with Gasteiger partial charge >= 0.3 is 11.9 Å². The normalized spacial score (nSPS) is 10.0.